The average Bonchev–Trinajstić information content (AvgIpc) is 3.08. The summed E-state index contributed by atoms with van der Waals surface area (Å²) in [6.07, 6.45) is 0.488. The van der Waals surface area contributed by atoms with Crippen molar-refractivity contribution in [2.45, 2.75) is 13.0 Å². The molecule has 0 aliphatic heterocycles. The van der Waals surface area contributed by atoms with Crippen LogP contribution in [0.25, 0.3) is 0 Å². The van der Waals surface area contributed by atoms with Crippen LogP contribution in [0.3, 0.4) is 0 Å². The molecule has 0 fully saturated rings. The van der Waals surface area contributed by atoms with E-state index in [0.29, 0.717) is 18.5 Å². The Morgan fingerprint density at radius 1 is 1.37 bits per heavy atom. The predicted octanol–water partition coefficient (Wildman–Crippen LogP) is 2.47. The first-order valence-corrected chi connectivity index (χ1v) is 7.54. The summed E-state index contributed by atoms with van der Waals surface area (Å²) in [7, 11) is 0. The third-order valence-corrected chi connectivity index (χ3v) is 4.00. The van der Waals surface area contributed by atoms with Crippen molar-refractivity contribution in [1.29, 1.82) is 0 Å². The summed E-state index contributed by atoms with van der Waals surface area (Å²) in [6.45, 7) is 0.600. The van der Waals surface area contributed by atoms with Crippen molar-refractivity contribution in [3.8, 4) is 11.8 Å². The molecule has 0 atom stereocenters. The Hall–Kier alpha value is -1.61. The number of thiophene rings is 2. The SMILES string of the molecule is O=C(NCc1ccc(C#CCCO)s1)c1ccsc1. The van der Waals surface area contributed by atoms with Crippen LogP contribution >= 0.6 is 22.7 Å². The Morgan fingerprint density at radius 2 is 2.26 bits per heavy atom. The van der Waals surface area contributed by atoms with Gasteiger partial charge in [0.25, 0.3) is 5.91 Å². The molecule has 2 heterocycles. The van der Waals surface area contributed by atoms with E-state index in [1.54, 1.807) is 17.4 Å². The normalized spacial score (nSPS) is 9.74. The topological polar surface area (TPSA) is 49.3 Å². The molecule has 5 heteroatoms. The molecule has 0 aromatic carbocycles. The van der Waals surface area contributed by atoms with Crippen molar-refractivity contribution in [3.63, 3.8) is 0 Å². The lowest BCUT2D eigenvalue weighted by molar-refractivity contribution is 0.0952. The summed E-state index contributed by atoms with van der Waals surface area (Å²) in [5.74, 6) is 5.80. The molecule has 0 saturated carbocycles. The van der Waals surface area contributed by atoms with Crippen LogP contribution < -0.4 is 5.32 Å². The van der Waals surface area contributed by atoms with Gasteiger partial charge in [-0.1, -0.05) is 11.8 Å². The molecule has 0 bridgehead atoms. The van der Waals surface area contributed by atoms with Crippen LogP contribution in [0.5, 0.6) is 0 Å². The molecule has 2 N–H and O–H groups in total. The zero-order valence-corrected chi connectivity index (χ0v) is 11.8. The molecule has 1 amide bonds. The molecule has 19 heavy (non-hydrogen) atoms. The second-order valence-electron chi connectivity index (χ2n) is 3.74. The molecule has 0 aliphatic rings. The van der Waals surface area contributed by atoms with Gasteiger partial charge < -0.3 is 10.4 Å². The highest BCUT2D eigenvalue weighted by atomic mass is 32.1. The van der Waals surface area contributed by atoms with Crippen molar-refractivity contribution >= 4 is 28.6 Å². The largest absolute Gasteiger partial charge is 0.395 e. The number of hydrogen-bond acceptors (Lipinski definition) is 4. The van der Waals surface area contributed by atoms with Gasteiger partial charge in [0.2, 0.25) is 0 Å². The molecule has 2 aromatic rings. The highest BCUT2D eigenvalue weighted by Crippen LogP contribution is 2.15. The fourth-order valence-corrected chi connectivity index (χ4v) is 2.87. The monoisotopic (exact) mass is 291 g/mol. The van der Waals surface area contributed by atoms with E-state index in [9.17, 15) is 4.79 Å². The third kappa shape index (κ3) is 4.21. The maximum absolute atomic E-state index is 11.7. The van der Waals surface area contributed by atoms with Gasteiger partial charge in [0, 0.05) is 22.2 Å². The Morgan fingerprint density at radius 3 is 3.00 bits per heavy atom. The number of hydrogen-bond donors (Lipinski definition) is 2. The number of amides is 1. The fourth-order valence-electron chi connectivity index (χ4n) is 1.41. The van der Waals surface area contributed by atoms with E-state index in [-0.39, 0.29) is 12.5 Å². The highest BCUT2D eigenvalue weighted by Gasteiger charge is 2.05. The summed E-state index contributed by atoms with van der Waals surface area (Å²) in [4.78, 5) is 13.8. The first kappa shape index (κ1) is 13.8. The maximum Gasteiger partial charge on any atom is 0.252 e. The molecule has 2 aromatic heterocycles. The lowest BCUT2D eigenvalue weighted by Gasteiger charge is -2.00. The van der Waals surface area contributed by atoms with Crippen LogP contribution in [0, 0.1) is 11.8 Å². The van der Waals surface area contributed by atoms with Crippen LogP contribution in [0.4, 0.5) is 0 Å². The van der Waals surface area contributed by atoms with E-state index in [1.807, 2.05) is 22.9 Å². The average molecular weight is 291 g/mol. The molecular weight excluding hydrogens is 278 g/mol. The van der Waals surface area contributed by atoms with Crippen molar-refractivity contribution in [1.82, 2.24) is 5.32 Å². The highest BCUT2D eigenvalue weighted by molar-refractivity contribution is 7.12. The first-order valence-electron chi connectivity index (χ1n) is 5.78. The first-order chi connectivity index (χ1) is 9.29. The number of rotatable bonds is 4. The summed E-state index contributed by atoms with van der Waals surface area (Å²) in [6, 6.07) is 5.70. The number of carbonyl (C=O) groups is 1. The second kappa shape index (κ2) is 7.10. The van der Waals surface area contributed by atoms with Crippen molar-refractivity contribution in [3.05, 3.63) is 44.3 Å². The van der Waals surface area contributed by atoms with Gasteiger partial charge in [0.1, 0.15) is 0 Å². The zero-order valence-electron chi connectivity index (χ0n) is 10.2. The molecular formula is C14H13NO2S2. The Kier molecular flexibility index (Phi) is 5.16. The van der Waals surface area contributed by atoms with Crippen LogP contribution in [-0.4, -0.2) is 17.6 Å². The maximum atomic E-state index is 11.7. The standard InChI is InChI=1S/C14H13NO2S2/c16-7-2-1-3-12-4-5-13(19-12)9-15-14(17)11-6-8-18-10-11/h4-6,8,10,16H,2,7,9H2,(H,15,17). The minimum atomic E-state index is -0.0532. The summed E-state index contributed by atoms with van der Waals surface area (Å²) < 4.78 is 0. The van der Waals surface area contributed by atoms with Crippen molar-refractivity contribution in [2.75, 3.05) is 6.61 Å². The Bertz CT molecular complexity index is 590. The zero-order chi connectivity index (χ0) is 13.5. The van der Waals surface area contributed by atoms with E-state index >= 15 is 0 Å². The molecule has 0 aliphatic carbocycles. The minimum absolute atomic E-state index is 0.0532. The van der Waals surface area contributed by atoms with Crippen LogP contribution in [0.2, 0.25) is 0 Å². The third-order valence-electron chi connectivity index (χ3n) is 2.32. The molecule has 0 unspecified atom stereocenters. The van der Waals surface area contributed by atoms with Gasteiger partial charge in [-0.3, -0.25) is 4.79 Å². The smallest absolute Gasteiger partial charge is 0.252 e. The molecule has 2 rings (SSSR count). The Labute approximate surface area is 119 Å². The van der Waals surface area contributed by atoms with E-state index in [4.69, 9.17) is 5.11 Å². The van der Waals surface area contributed by atoms with Gasteiger partial charge in [0.15, 0.2) is 0 Å². The molecule has 3 nitrogen and oxygen atoms in total. The quantitative estimate of drug-likeness (QED) is 0.850. The second-order valence-corrected chi connectivity index (χ2v) is 5.68. The molecule has 98 valence electrons. The van der Waals surface area contributed by atoms with Gasteiger partial charge in [-0.2, -0.15) is 11.3 Å². The van der Waals surface area contributed by atoms with Crippen molar-refractivity contribution < 1.29 is 9.90 Å². The molecule has 0 saturated heterocycles. The molecule has 0 radical (unpaired) electrons. The number of nitrogens with one attached hydrogen (secondary N) is 1. The summed E-state index contributed by atoms with van der Waals surface area (Å²) in [5, 5.41) is 15.2. The van der Waals surface area contributed by atoms with Crippen molar-refractivity contribution in [2.24, 2.45) is 0 Å². The van der Waals surface area contributed by atoms with E-state index in [1.165, 1.54) is 11.3 Å². The van der Waals surface area contributed by atoms with Crippen LogP contribution in [0.1, 0.15) is 26.5 Å². The minimum Gasteiger partial charge on any atom is -0.395 e. The number of aliphatic hydroxyl groups excluding tert-OH is 1. The van der Waals surface area contributed by atoms with E-state index < -0.39 is 0 Å². The van der Waals surface area contributed by atoms with Gasteiger partial charge >= 0.3 is 0 Å². The Balaban J connectivity index is 1.87. The number of aliphatic hydroxyl groups is 1. The summed E-state index contributed by atoms with van der Waals surface area (Å²) >= 11 is 3.06. The summed E-state index contributed by atoms with van der Waals surface area (Å²) in [5.41, 5.74) is 0.699. The predicted molar refractivity (Wildman–Crippen MR) is 78.4 cm³/mol. The van der Waals surface area contributed by atoms with Gasteiger partial charge in [0.05, 0.1) is 18.0 Å². The van der Waals surface area contributed by atoms with E-state index in [2.05, 4.69) is 17.2 Å². The van der Waals surface area contributed by atoms with E-state index in [0.717, 1.165) is 9.75 Å². The lowest BCUT2D eigenvalue weighted by Crippen LogP contribution is -2.21. The van der Waals surface area contributed by atoms with Crippen LogP contribution in [0.15, 0.2) is 29.0 Å². The van der Waals surface area contributed by atoms with Gasteiger partial charge in [-0.15, -0.1) is 11.3 Å². The van der Waals surface area contributed by atoms with Crippen LogP contribution in [-0.2, 0) is 6.54 Å². The fraction of sp³-hybridized carbons (Fsp3) is 0.214. The lowest BCUT2D eigenvalue weighted by atomic mass is 10.3. The number of carbonyl (C=O) groups excluding carboxylic acids is 1. The van der Waals surface area contributed by atoms with Gasteiger partial charge in [-0.05, 0) is 23.6 Å². The van der Waals surface area contributed by atoms with Gasteiger partial charge in [-0.25, -0.2) is 0 Å². The molecule has 0 spiro atoms.